The van der Waals surface area contributed by atoms with Gasteiger partial charge in [-0.05, 0) is 19.3 Å². The lowest BCUT2D eigenvalue weighted by molar-refractivity contribution is -0.865. The van der Waals surface area contributed by atoms with Crippen LogP contribution in [0.2, 0.25) is 0 Å². The van der Waals surface area contributed by atoms with Crippen molar-refractivity contribution in [3.63, 3.8) is 0 Å². The number of hydrogen-bond acceptors (Lipinski definition) is 3. The van der Waals surface area contributed by atoms with E-state index in [1.165, 1.54) is 0 Å². The number of carboxylic acids is 1. The van der Waals surface area contributed by atoms with Crippen molar-refractivity contribution in [2.45, 2.75) is 25.4 Å². The van der Waals surface area contributed by atoms with Gasteiger partial charge in [0.25, 0.3) is 5.96 Å². The van der Waals surface area contributed by atoms with E-state index in [9.17, 15) is 4.79 Å². The Morgan fingerprint density at radius 1 is 1.36 bits per heavy atom. The quantitative estimate of drug-likeness (QED) is 0.267. The summed E-state index contributed by atoms with van der Waals surface area (Å²) in [5, 5.41) is 16.3. The maximum atomic E-state index is 10.8. The van der Waals surface area contributed by atoms with Gasteiger partial charge in [-0.15, -0.1) is 0 Å². The Bertz CT molecular complexity index is 248. The Morgan fingerprint density at radius 2 is 1.86 bits per heavy atom. The van der Waals surface area contributed by atoms with Crippen molar-refractivity contribution in [1.82, 2.24) is 0 Å². The second kappa shape index (κ2) is 3.93. The van der Waals surface area contributed by atoms with Crippen LogP contribution in [0.1, 0.15) is 19.3 Å². The number of quaternary nitrogens is 1. The Balaban J connectivity index is 2.90. The molecule has 0 spiro atoms. The van der Waals surface area contributed by atoms with Gasteiger partial charge in [0, 0.05) is 0 Å². The highest BCUT2D eigenvalue weighted by Gasteiger charge is 2.43. The summed E-state index contributed by atoms with van der Waals surface area (Å²) in [5.74, 6) is -1.23. The van der Waals surface area contributed by atoms with Gasteiger partial charge in [0.15, 0.2) is 0 Å². The zero-order chi connectivity index (χ0) is 10.8. The number of nitrogens with zero attached hydrogens (tertiary/aromatic N) is 1. The molecule has 0 aliphatic carbocycles. The number of likely N-dealkylation sites (tertiary alicyclic amines) is 1. The number of nitrogens with two attached hydrogens (primary N) is 2. The van der Waals surface area contributed by atoms with Crippen LogP contribution in [0.15, 0.2) is 0 Å². The van der Waals surface area contributed by atoms with Crippen LogP contribution in [-0.2, 0) is 4.79 Å². The van der Waals surface area contributed by atoms with Crippen molar-refractivity contribution < 1.29 is 14.4 Å². The fourth-order valence-electron chi connectivity index (χ4n) is 1.96. The van der Waals surface area contributed by atoms with Crippen LogP contribution in [-0.4, -0.2) is 40.8 Å². The Labute approximate surface area is 82.6 Å². The van der Waals surface area contributed by atoms with Crippen LogP contribution in [0.3, 0.4) is 0 Å². The van der Waals surface area contributed by atoms with Gasteiger partial charge in [0.05, 0.1) is 13.1 Å². The van der Waals surface area contributed by atoms with Crippen molar-refractivity contribution in [2.75, 3.05) is 13.1 Å². The molecular weight excluding hydrogens is 184 g/mol. The molecule has 0 saturated carbocycles. The topological polar surface area (TPSA) is 113 Å². The predicted octanol–water partition coefficient (Wildman–Crippen LogP) is -0.750. The summed E-state index contributed by atoms with van der Waals surface area (Å²) >= 11 is 0. The molecule has 0 radical (unpaired) electrons. The van der Waals surface area contributed by atoms with Gasteiger partial charge in [0.2, 0.25) is 6.17 Å². The van der Waals surface area contributed by atoms with E-state index in [4.69, 9.17) is 22.0 Å². The number of piperidine rings is 1. The summed E-state index contributed by atoms with van der Waals surface area (Å²) in [7, 11) is 0. The number of guanidine groups is 1. The first kappa shape index (κ1) is 10.9. The first-order chi connectivity index (χ1) is 6.50. The zero-order valence-corrected chi connectivity index (χ0v) is 8.07. The summed E-state index contributed by atoms with van der Waals surface area (Å²) < 4.78 is -0.0880. The van der Waals surface area contributed by atoms with Crippen LogP contribution in [0.5, 0.6) is 0 Å². The van der Waals surface area contributed by atoms with Crippen molar-refractivity contribution >= 4 is 11.9 Å². The minimum Gasteiger partial charge on any atom is -0.476 e. The maximum Gasteiger partial charge on any atom is 0.379 e. The van der Waals surface area contributed by atoms with E-state index in [0.717, 1.165) is 19.3 Å². The fourth-order valence-corrected chi connectivity index (χ4v) is 1.96. The van der Waals surface area contributed by atoms with Crippen LogP contribution in [0.4, 0.5) is 0 Å². The van der Waals surface area contributed by atoms with Gasteiger partial charge in [-0.3, -0.25) is 5.73 Å². The van der Waals surface area contributed by atoms with E-state index in [1.54, 1.807) is 0 Å². The number of rotatable bonds is 2. The summed E-state index contributed by atoms with van der Waals surface area (Å²) in [6.45, 7) is 1.12. The maximum absolute atomic E-state index is 10.8. The average molecular weight is 201 g/mol. The third-order valence-electron chi connectivity index (χ3n) is 2.88. The zero-order valence-electron chi connectivity index (χ0n) is 8.07. The molecule has 0 bridgehead atoms. The molecule has 0 amide bonds. The van der Waals surface area contributed by atoms with E-state index in [-0.39, 0.29) is 10.4 Å². The number of hydrogen-bond donors (Lipinski definition) is 4. The molecule has 0 aromatic carbocycles. The molecule has 0 aromatic heterocycles. The van der Waals surface area contributed by atoms with Gasteiger partial charge in [-0.1, -0.05) is 0 Å². The van der Waals surface area contributed by atoms with Crippen molar-refractivity contribution in [2.24, 2.45) is 11.5 Å². The molecule has 1 aliphatic heterocycles. The molecule has 0 aromatic rings. The third-order valence-corrected chi connectivity index (χ3v) is 2.88. The second-order valence-corrected chi connectivity index (χ2v) is 3.71. The van der Waals surface area contributed by atoms with Crippen LogP contribution in [0, 0.1) is 5.41 Å². The molecule has 6 N–H and O–H groups in total. The summed E-state index contributed by atoms with van der Waals surface area (Å²) in [6.07, 6.45) is 1.70. The molecule has 1 atom stereocenters. The van der Waals surface area contributed by atoms with Crippen LogP contribution in [0.25, 0.3) is 0 Å². The molecule has 1 unspecified atom stereocenters. The van der Waals surface area contributed by atoms with Gasteiger partial charge in [-0.2, -0.15) is 0 Å². The Kier molecular flexibility index (Phi) is 3.07. The van der Waals surface area contributed by atoms with Crippen LogP contribution < -0.4 is 11.5 Å². The Morgan fingerprint density at radius 3 is 2.21 bits per heavy atom. The van der Waals surface area contributed by atoms with Crippen molar-refractivity contribution in [3.8, 4) is 0 Å². The normalized spacial score (nSPS) is 22.6. The molecule has 1 heterocycles. The molecule has 6 heteroatoms. The summed E-state index contributed by atoms with van der Waals surface area (Å²) in [5.41, 5.74) is 11.0. The van der Waals surface area contributed by atoms with E-state index >= 15 is 0 Å². The minimum atomic E-state index is -1.10. The first-order valence-electron chi connectivity index (χ1n) is 4.70. The standard InChI is InChI=1S/C8H16N4O2/c9-6(7(13)14)12(8(10)11)4-2-1-3-5-12/h6H,1-5,9H2,(H3-,10,11,13,14)/p+1. The van der Waals surface area contributed by atoms with Gasteiger partial charge < -0.3 is 10.8 Å². The van der Waals surface area contributed by atoms with Gasteiger partial charge >= 0.3 is 5.97 Å². The predicted molar refractivity (Wildman–Crippen MR) is 51.4 cm³/mol. The lowest BCUT2D eigenvalue weighted by Gasteiger charge is -2.41. The smallest absolute Gasteiger partial charge is 0.379 e. The van der Waals surface area contributed by atoms with E-state index < -0.39 is 12.1 Å². The van der Waals surface area contributed by atoms with E-state index in [2.05, 4.69) is 0 Å². The highest BCUT2D eigenvalue weighted by Crippen LogP contribution is 2.20. The number of nitrogens with one attached hydrogen (secondary N) is 1. The van der Waals surface area contributed by atoms with Gasteiger partial charge in [-0.25, -0.2) is 14.7 Å². The highest BCUT2D eigenvalue weighted by molar-refractivity contribution is 5.76. The fraction of sp³-hybridized carbons (Fsp3) is 0.750. The average Bonchev–Trinajstić information content (AvgIpc) is 2.17. The SMILES string of the molecule is N=C(N)[N+]1(C(N)C(=O)O)CCCCC1. The lowest BCUT2D eigenvalue weighted by Crippen LogP contribution is -2.69. The molecule has 14 heavy (non-hydrogen) atoms. The summed E-state index contributed by atoms with van der Waals surface area (Å²) in [6, 6.07) is 0. The highest BCUT2D eigenvalue weighted by atomic mass is 16.4. The third kappa shape index (κ3) is 1.71. The first-order valence-corrected chi connectivity index (χ1v) is 4.70. The molecule has 1 rings (SSSR count). The van der Waals surface area contributed by atoms with Crippen molar-refractivity contribution in [1.29, 1.82) is 5.41 Å². The number of carbonyl (C=O) groups is 1. The Hall–Kier alpha value is -1.14. The molecule has 1 fully saturated rings. The number of aliphatic carboxylic acids is 1. The van der Waals surface area contributed by atoms with Crippen LogP contribution >= 0.6 is 0 Å². The largest absolute Gasteiger partial charge is 0.476 e. The van der Waals surface area contributed by atoms with E-state index in [0.29, 0.717) is 13.1 Å². The second-order valence-electron chi connectivity index (χ2n) is 3.71. The number of carboxylic acid groups (broad SMARTS) is 1. The minimum absolute atomic E-state index is 0.0880. The molecule has 80 valence electrons. The monoisotopic (exact) mass is 201 g/mol. The van der Waals surface area contributed by atoms with Gasteiger partial charge in [0.1, 0.15) is 0 Å². The molecular formula is C8H17N4O2+. The molecule has 1 saturated heterocycles. The summed E-state index contributed by atoms with van der Waals surface area (Å²) in [4.78, 5) is 10.8. The molecule has 1 aliphatic rings. The molecule has 6 nitrogen and oxygen atoms in total. The van der Waals surface area contributed by atoms with Crippen molar-refractivity contribution in [3.05, 3.63) is 0 Å². The lowest BCUT2D eigenvalue weighted by atomic mass is 10.1. The van der Waals surface area contributed by atoms with E-state index in [1.807, 2.05) is 0 Å².